The minimum atomic E-state index is -0.293. The van der Waals surface area contributed by atoms with E-state index in [0.717, 1.165) is 5.69 Å². The molecule has 2 aromatic rings. The number of rotatable bonds is 4. The molecule has 7 heteroatoms. The zero-order valence-corrected chi connectivity index (χ0v) is 14.3. The topological polar surface area (TPSA) is 81.2 Å². The Hall–Kier alpha value is -2.34. The number of carbonyl (C=O) groups is 2. The van der Waals surface area contributed by atoms with Crippen molar-refractivity contribution in [2.75, 3.05) is 7.05 Å². The zero-order chi connectivity index (χ0) is 17.4. The fraction of sp³-hybridized carbons (Fsp3) is 0.353. The van der Waals surface area contributed by atoms with E-state index in [9.17, 15) is 9.59 Å². The molecule has 6 nitrogen and oxygen atoms in total. The monoisotopic (exact) mass is 346 g/mol. The summed E-state index contributed by atoms with van der Waals surface area (Å²) in [5.41, 5.74) is 7.33. The van der Waals surface area contributed by atoms with E-state index in [4.69, 9.17) is 17.3 Å². The van der Waals surface area contributed by atoms with Gasteiger partial charge in [-0.3, -0.25) is 9.59 Å². The lowest BCUT2D eigenvalue weighted by molar-refractivity contribution is -0.125. The first-order valence-electron chi connectivity index (χ1n) is 7.75. The maximum atomic E-state index is 12.7. The van der Waals surface area contributed by atoms with E-state index in [-0.39, 0.29) is 23.8 Å². The fourth-order valence-electron chi connectivity index (χ4n) is 2.89. The molecule has 2 amide bonds. The fourth-order valence-corrected chi connectivity index (χ4v) is 3.01. The van der Waals surface area contributed by atoms with Crippen molar-refractivity contribution in [3.05, 3.63) is 46.7 Å². The first kappa shape index (κ1) is 16.5. The van der Waals surface area contributed by atoms with Crippen LogP contribution in [-0.2, 0) is 4.79 Å². The van der Waals surface area contributed by atoms with Crippen LogP contribution >= 0.6 is 11.6 Å². The highest BCUT2D eigenvalue weighted by molar-refractivity contribution is 6.30. The number of aromatic nitrogens is 2. The summed E-state index contributed by atoms with van der Waals surface area (Å²) < 4.78 is 1.67. The van der Waals surface area contributed by atoms with Crippen LogP contribution in [0.4, 0.5) is 0 Å². The van der Waals surface area contributed by atoms with Crippen LogP contribution in [0, 0.1) is 12.8 Å². The second kappa shape index (κ2) is 6.28. The second-order valence-electron chi connectivity index (χ2n) is 6.19. The number of aryl methyl sites for hydroxylation is 1. The highest BCUT2D eigenvalue weighted by Gasteiger charge is 2.38. The third-order valence-electron chi connectivity index (χ3n) is 4.60. The summed E-state index contributed by atoms with van der Waals surface area (Å²) in [6, 6.07) is 7.29. The third-order valence-corrected chi connectivity index (χ3v) is 4.86. The van der Waals surface area contributed by atoms with Gasteiger partial charge in [-0.05, 0) is 44.0 Å². The molecule has 1 saturated carbocycles. The van der Waals surface area contributed by atoms with Crippen LogP contribution in [0.5, 0.6) is 0 Å². The van der Waals surface area contributed by atoms with Crippen LogP contribution in [0.25, 0.3) is 5.69 Å². The molecule has 0 atom stereocenters. The van der Waals surface area contributed by atoms with Gasteiger partial charge in [0.05, 0.1) is 16.9 Å². The Morgan fingerprint density at radius 2 is 1.92 bits per heavy atom. The molecular formula is C17H19ClN4O2. The van der Waals surface area contributed by atoms with E-state index >= 15 is 0 Å². The van der Waals surface area contributed by atoms with Crippen LogP contribution in [0.2, 0.25) is 5.02 Å². The van der Waals surface area contributed by atoms with Gasteiger partial charge in [0.25, 0.3) is 5.91 Å². The van der Waals surface area contributed by atoms with E-state index < -0.39 is 0 Å². The molecule has 0 radical (unpaired) electrons. The Balaban J connectivity index is 1.76. The molecule has 1 heterocycles. The Morgan fingerprint density at radius 1 is 1.29 bits per heavy atom. The van der Waals surface area contributed by atoms with Crippen molar-refractivity contribution in [1.29, 1.82) is 0 Å². The van der Waals surface area contributed by atoms with Gasteiger partial charge in [0.1, 0.15) is 0 Å². The van der Waals surface area contributed by atoms with Crippen LogP contribution in [0.3, 0.4) is 0 Å². The normalized spacial score (nSPS) is 19.6. The maximum absolute atomic E-state index is 12.7. The second-order valence-corrected chi connectivity index (χ2v) is 6.63. The van der Waals surface area contributed by atoms with Crippen molar-refractivity contribution in [2.45, 2.75) is 25.8 Å². The third kappa shape index (κ3) is 3.01. The number of halogens is 1. The molecule has 1 aromatic heterocycles. The minimum Gasteiger partial charge on any atom is -0.369 e. The van der Waals surface area contributed by atoms with E-state index in [2.05, 4.69) is 5.10 Å². The lowest BCUT2D eigenvalue weighted by atomic mass is 9.79. The average molecular weight is 347 g/mol. The summed E-state index contributed by atoms with van der Waals surface area (Å²) in [5, 5.41) is 5.06. The number of amides is 2. The highest BCUT2D eigenvalue weighted by atomic mass is 35.5. The van der Waals surface area contributed by atoms with Crippen molar-refractivity contribution in [2.24, 2.45) is 11.7 Å². The number of benzene rings is 1. The minimum absolute atomic E-state index is 0.0493. The zero-order valence-electron chi connectivity index (χ0n) is 13.6. The molecule has 1 fully saturated rings. The molecule has 3 rings (SSSR count). The van der Waals surface area contributed by atoms with Gasteiger partial charge in [-0.25, -0.2) is 4.68 Å². The molecule has 0 aliphatic heterocycles. The highest BCUT2D eigenvalue weighted by Crippen LogP contribution is 2.31. The quantitative estimate of drug-likeness (QED) is 0.921. The number of hydrogen-bond acceptors (Lipinski definition) is 3. The molecule has 2 N–H and O–H groups in total. The van der Waals surface area contributed by atoms with Gasteiger partial charge < -0.3 is 10.6 Å². The van der Waals surface area contributed by atoms with Gasteiger partial charge in [-0.15, -0.1) is 0 Å². The van der Waals surface area contributed by atoms with Crippen LogP contribution in [-0.4, -0.2) is 39.6 Å². The van der Waals surface area contributed by atoms with Gasteiger partial charge in [0.2, 0.25) is 5.91 Å². The lowest BCUT2D eigenvalue weighted by Crippen LogP contribution is -2.49. The first-order valence-corrected chi connectivity index (χ1v) is 8.13. The van der Waals surface area contributed by atoms with E-state index in [0.29, 0.717) is 29.1 Å². The van der Waals surface area contributed by atoms with Crippen molar-refractivity contribution in [3.8, 4) is 5.69 Å². The number of hydrogen-bond donors (Lipinski definition) is 1. The SMILES string of the molecule is Cc1nn(-c2ccc(Cl)cc2)cc1C(=O)N(C)C1CC(C(N)=O)C1. The molecule has 0 saturated heterocycles. The number of nitrogens with two attached hydrogens (primary N) is 1. The van der Waals surface area contributed by atoms with Crippen molar-refractivity contribution < 1.29 is 9.59 Å². The number of primary amides is 1. The maximum Gasteiger partial charge on any atom is 0.257 e. The standard InChI is InChI=1S/C17H19ClN4O2/c1-10-15(9-22(20-10)13-5-3-12(18)4-6-13)17(24)21(2)14-7-11(8-14)16(19)23/h3-6,9,11,14H,7-8H2,1-2H3,(H2,19,23). The molecule has 1 aliphatic carbocycles. The van der Waals surface area contributed by atoms with Gasteiger partial charge >= 0.3 is 0 Å². The summed E-state index contributed by atoms with van der Waals surface area (Å²) in [5.74, 6) is -0.511. The summed E-state index contributed by atoms with van der Waals surface area (Å²) in [4.78, 5) is 25.5. The number of nitrogens with zero attached hydrogens (tertiary/aromatic N) is 3. The van der Waals surface area contributed by atoms with Gasteiger partial charge in [-0.2, -0.15) is 5.10 Å². The van der Waals surface area contributed by atoms with Crippen molar-refractivity contribution in [1.82, 2.24) is 14.7 Å². The smallest absolute Gasteiger partial charge is 0.257 e. The lowest BCUT2D eigenvalue weighted by Gasteiger charge is -2.39. The average Bonchev–Trinajstić information content (AvgIpc) is 2.87. The van der Waals surface area contributed by atoms with Gasteiger partial charge in [-0.1, -0.05) is 11.6 Å². The molecule has 0 bridgehead atoms. The molecular weight excluding hydrogens is 328 g/mol. The van der Waals surface area contributed by atoms with Crippen LogP contribution < -0.4 is 5.73 Å². The summed E-state index contributed by atoms with van der Waals surface area (Å²) in [7, 11) is 1.75. The number of carbonyl (C=O) groups excluding carboxylic acids is 2. The van der Waals surface area contributed by atoms with E-state index in [1.54, 1.807) is 41.9 Å². The van der Waals surface area contributed by atoms with E-state index in [1.807, 2.05) is 12.1 Å². The van der Waals surface area contributed by atoms with Gasteiger partial charge in [0.15, 0.2) is 0 Å². The molecule has 0 spiro atoms. The predicted molar refractivity (Wildman–Crippen MR) is 91.1 cm³/mol. The molecule has 1 aromatic carbocycles. The Labute approximate surface area is 145 Å². The van der Waals surface area contributed by atoms with Crippen molar-refractivity contribution in [3.63, 3.8) is 0 Å². The Bertz CT molecular complexity index is 778. The molecule has 126 valence electrons. The Morgan fingerprint density at radius 3 is 2.50 bits per heavy atom. The van der Waals surface area contributed by atoms with Gasteiger partial charge in [0, 0.05) is 30.2 Å². The summed E-state index contributed by atoms with van der Waals surface area (Å²) >= 11 is 5.90. The first-order chi connectivity index (χ1) is 11.4. The molecule has 24 heavy (non-hydrogen) atoms. The molecule has 1 aliphatic rings. The van der Waals surface area contributed by atoms with Crippen LogP contribution in [0.1, 0.15) is 28.9 Å². The summed E-state index contributed by atoms with van der Waals surface area (Å²) in [6.07, 6.45) is 2.98. The predicted octanol–water partition coefficient (Wildman–Crippen LogP) is 2.17. The largest absolute Gasteiger partial charge is 0.369 e. The summed E-state index contributed by atoms with van der Waals surface area (Å²) in [6.45, 7) is 1.81. The van der Waals surface area contributed by atoms with Crippen LogP contribution in [0.15, 0.2) is 30.5 Å². The van der Waals surface area contributed by atoms with E-state index in [1.165, 1.54) is 0 Å². The molecule has 0 unspecified atom stereocenters. The van der Waals surface area contributed by atoms with Crippen molar-refractivity contribution >= 4 is 23.4 Å². The Kier molecular flexibility index (Phi) is 4.32.